The highest BCUT2D eigenvalue weighted by Gasteiger charge is 2.22. The lowest BCUT2D eigenvalue weighted by Gasteiger charge is -2.18. The number of hydrogen-bond donors (Lipinski definition) is 2. The minimum Gasteiger partial charge on any atom is -0.480 e. The molecule has 0 aliphatic heterocycles. The van der Waals surface area contributed by atoms with Crippen molar-refractivity contribution >= 4 is 21.9 Å². The first kappa shape index (κ1) is 10.9. The lowest BCUT2D eigenvalue weighted by molar-refractivity contribution is -0.139. The van der Waals surface area contributed by atoms with E-state index in [1.54, 1.807) is 0 Å². The summed E-state index contributed by atoms with van der Waals surface area (Å²) in [7, 11) is 0. The number of hydrogen-bond acceptors (Lipinski definition) is 2. The maximum atomic E-state index is 10.6. The molecular weight excluding hydrogens is 210 g/mol. The molecule has 0 aromatic heterocycles. The van der Waals surface area contributed by atoms with Gasteiger partial charge in [-0.05, 0) is 0 Å². The maximum absolute atomic E-state index is 10.6. The number of rotatable bonds is 4. The summed E-state index contributed by atoms with van der Waals surface area (Å²) in [5.41, 5.74) is 0. The molecule has 0 aromatic carbocycles. The number of alkyl halides is 1. The van der Waals surface area contributed by atoms with Gasteiger partial charge in [-0.2, -0.15) is 0 Å². The van der Waals surface area contributed by atoms with Crippen molar-refractivity contribution < 1.29 is 9.90 Å². The van der Waals surface area contributed by atoms with Gasteiger partial charge in [-0.25, -0.2) is 0 Å². The second-order valence-electron chi connectivity index (χ2n) is 2.81. The van der Waals surface area contributed by atoms with Gasteiger partial charge in [-0.1, -0.05) is 36.7 Å². The van der Waals surface area contributed by atoms with E-state index in [0.29, 0.717) is 0 Å². The van der Waals surface area contributed by atoms with Crippen molar-refractivity contribution in [3.63, 3.8) is 0 Å². The zero-order chi connectivity index (χ0) is 9.02. The summed E-state index contributed by atoms with van der Waals surface area (Å²) >= 11 is 3.23. The first-order valence-electron chi connectivity index (χ1n) is 3.58. The van der Waals surface area contributed by atoms with Gasteiger partial charge >= 0.3 is 5.97 Å². The van der Waals surface area contributed by atoms with Crippen LogP contribution in [0.1, 0.15) is 20.8 Å². The van der Waals surface area contributed by atoms with E-state index in [4.69, 9.17) is 5.11 Å². The van der Waals surface area contributed by atoms with E-state index in [9.17, 15) is 4.79 Å². The summed E-state index contributed by atoms with van der Waals surface area (Å²) in [5, 5.41) is 11.6. The van der Waals surface area contributed by atoms with Gasteiger partial charge in [0, 0.05) is 10.9 Å². The Hall–Kier alpha value is -0.0900. The molecule has 4 heteroatoms. The molecule has 0 spiro atoms. The summed E-state index contributed by atoms with van der Waals surface area (Å²) in [6, 6.07) is -0.314. The molecule has 0 saturated carbocycles. The topological polar surface area (TPSA) is 49.3 Å². The van der Waals surface area contributed by atoms with Crippen LogP contribution in [0.25, 0.3) is 0 Å². The molecule has 0 aliphatic carbocycles. The van der Waals surface area contributed by atoms with Crippen molar-refractivity contribution in [3.05, 3.63) is 0 Å². The average molecular weight is 224 g/mol. The van der Waals surface area contributed by atoms with E-state index in [-0.39, 0.29) is 10.9 Å². The van der Waals surface area contributed by atoms with Crippen molar-refractivity contribution in [2.45, 2.75) is 37.7 Å². The lowest BCUT2D eigenvalue weighted by Crippen LogP contribution is -2.45. The highest BCUT2D eigenvalue weighted by atomic mass is 79.9. The Morgan fingerprint density at radius 1 is 1.45 bits per heavy atom. The number of halogens is 1. The molecular formula is C7H14BrNO2. The van der Waals surface area contributed by atoms with Crippen LogP contribution in [-0.4, -0.2) is 28.0 Å². The quantitative estimate of drug-likeness (QED) is 0.706. The summed E-state index contributed by atoms with van der Waals surface area (Å²) in [5.74, 6) is -0.817. The predicted octanol–water partition coefficient (Wildman–Crippen LogP) is 1.22. The van der Waals surface area contributed by atoms with Crippen LogP contribution in [0.4, 0.5) is 0 Å². The van der Waals surface area contributed by atoms with Gasteiger partial charge in [0.05, 0.1) is 0 Å². The van der Waals surface area contributed by atoms with Crippen molar-refractivity contribution in [1.82, 2.24) is 5.32 Å². The summed E-state index contributed by atoms with van der Waals surface area (Å²) in [4.78, 5) is 10.5. The molecule has 66 valence electrons. The summed E-state index contributed by atoms with van der Waals surface area (Å²) < 4.78 is 0. The fraction of sp³-hybridized carbons (Fsp3) is 0.857. The molecule has 0 rings (SSSR count). The number of nitrogens with one attached hydrogen (secondary N) is 1. The van der Waals surface area contributed by atoms with Crippen LogP contribution in [0.3, 0.4) is 0 Å². The van der Waals surface area contributed by atoms with Gasteiger partial charge in [-0.15, -0.1) is 0 Å². The van der Waals surface area contributed by atoms with Gasteiger partial charge < -0.3 is 10.4 Å². The van der Waals surface area contributed by atoms with Crippen LogP contribution in [0, 0.1) is 0 Å². The molecule has 0 amide bonds. The normalized spacial score (nSPS) is 16.5. The zero-order valence-corrected chi connectivity index (χ0v) is 8.55. The second-order valence-corrected chi connectivity index (χ2v) is 4.26. The van der Waals surface area contributed by atoms with Crippen molar-refractivity contribution in [1.29, 1.82) is 0 Å². The third kappa shape index (κ3) is 4.37. The first-order chi connectivity index (χ1) is 4.95. The number of carboxylic acid groups (broad SMARTS) is 1. The average Bonchev–Trinajstić information content (AvgIpc) is 1.81. The third-order valence-electron chi connectivity index (χ3n) is 1.24. The fourth-order valence-electron chi connectivity index (χ4n) is 0.759. The van der Waals surface area contributed by atoms with Crippen molar-refractivity contribution in [2.24, 2.45) is 0 Å². The number of aliphatic carboxylic acids is 1. The lowest BCUT2D eigenvalue weighted by atomic mass is 10.2. The van der Waals surface area contributed by atoms with E-state index in [1.165, 1.54) is 0 Å². The molecule has 2 N–H and O–H groups in total. The molecule has 0 saturated heterocycles. The zero-order valence-electron chi connectivity index (χ0n) is 6.97. The van der Waals surface area contributed by atoms with Crippen molar-refractivity contribution in [2.75, 3.05) is 0 Å². The second kappa shape index (κ2) is 4.72. The van der Waals surface area contributed by atoms with Gasteiger partial charge in [0.25, 0.3) is 0 Å². The molecule has 0 radical (unpaired) electrons. The van der Waals surface area contributed by atoms with Crippen LogP contribution < -0.4 is 5.32 Å². The third-order valence-corrected chi connectivity index (χ3v) is 1.77. The van der Waals surface area contributed by atoms with E-state index in [1.807, 2.05) is 20.8 Å². The smallest absolute Gasteiger partial charge is 0.321 e. The fourth-order valence-corrected chi connectivity index (χ4v) is 1.14. The maximum Gasteiger partial charge on any atom is 0.321 e. The van der Waals surface area contributed by atoms with Crippen LogP contribution >= 0.6 is 15.9 Å². The van der Waals surface area contributed by atoms with Crippen LogP contribution in [0.15, 0.2) is 0 Å². The van der Waals surface area contributed by atoms with E-state index >= 15 is 0 Å². The molecule has 0 heterocycles. The molecule has 0 bridgehead atoms. The van der Waals surface area contributed by atoms with Crippen molar-refractivity contribution in [3.8, 4) is 0 Å². The van der Waals surface area contributed by atoms with E-state index in [0.717, 1.165) is 0 Å². The van der Waals surface area contributed by atoms with Gasteiger partial charge in [0.1, 0.15) is 6.04 Å². The number of carbonyl (C=O) groups is 1. The Labute approximate surface area is 75.3 Å². The van der Waals surface area contributed by atoms with Crippen LogP contribution in [0.5, 0.6) is 0 Å². The Morgan fingerprint density at radius 2 is 1.91 bits per heavy atom. The molecule has 11 heavy (non-hydrogen) atoms. The molecule has 3 nitrogen and oxygen atoms in total. The van der Waals surface area contributed by atoms with Gasteiger partial charge in [0.2, 0.25) is 0 Å². The van der Waals surface area contributed by atoms with Gasteiger partial charge in [-0.3, -0.25) is 4.79 Å². The minimum absolute atomic E-state index is 0.0533. The Balaban J connectivity index is 4.01. The van der Waals surface area contributed by atoms with E-state index in [2.05, 4.69) is 21.2 Å². The highest BCUT2D eigenvalue weighted by Crippen LogP contribution is 2.05. The van der Waals surface area contributed by atoms with Crippen LogP contribution in [-0.2, 0) is 4.79 Å². The largest absolute Gasteiger partial charge is 0.480 e. The monoisotopic (exact) mass is 223 g/mol. The molecule has 2 unspecified atom stereocenters. The Morgan fingerprint density at radius 3 is 2.00 bits per heavy atom. The first-order valence-corrected chi connectivity index (χ1v) is 4.49. The molecule has 2 atom stereocenters. The van der Waals surface area contributed by atoms with E-state index < -0.39 is 12.0 Å². The Kier molecular flexibility index (Phi) is 4.68. The standard InChI is InChI=1S/C7H14BrNO2/c1-4(2)9-6(5(3)8)7(10)11/h4-6,9H,1-3H3,(H,10,11). The molecule has 0 aromatic rings. The molecule has 0 fully saturated rings. The summed E-state index contributed by atoms with van der Waals surface area (Å²) in [6.07, 6.45) is 0. The minimum atomic E-state index is -0.817. The predicted molar refractivity (Wildman–Crippen MR) is 48.1 cm³/mol. The SMILES string of the molecule is CC(C)NC(C(=O)O)C(C)Br. The molecule has 0 aliphatic rings. The van der Waals surface area contributed by atoms with Crippen LogP contribution in [0.2, 0.25) is 0 Å². The number of carboxylic acids is 1. The summed E-state index contributed by atoms with van der Waals surface area (Å²) in [6.45, 7) is 5.66. The Bertz CT molecular complexity index is 136. The van der Waals surface area contributed by atoms with Gasteiger partial charge in [0.15, 0.2) is 0 Å². The highest BCUT2D eigenvalue weighted by molar-refractivity contribution is 9.09.